The van der Waals surface area contributed by atoms with Gasteiger partial charge in [0.1, 0.15) is 0 Å². The summed E-state index contributed by atoms with van der Waals surface area (Å²) < 4.78 is 26.4. The second kappa shape index (κ2) is 6.62. The number of aliphatic carboxylic acids is 1. The van der Waals surface area contributed by atoms with Gasteiger partial charge in [-0.1, -0.05) is 19.1 Å². The van der Waals surface area contributed by atoms with Crippen molar-refractivity contribution in [3.63, 3.8) is 0 Å². The smallest absolute Gasteiger partial charge is 0.303 e. The number of rotatable bonds is 7. The molecule has 0 heterocycles. The number of hydrogen-bond acceptors (Lipinski definition) is 4. The normalized spacial score (nSPS) is 12.9. The van der Waals surface area contributed by atoms with Gasteiger partial charge < -0.3 is 5.11 Å². The first-order valence-corrected chi connectivity index (χ1v) is 7.53. The first-order chi connectivity index (χ1) is 9.22. The lowest BCUT2D eigenvalue weighted by atomic mass is 10.1. The second-order valence-corrected chi connectivity index (χ2v) is 6.41. The number of ketones is 1. The summed E-state index contributed by atoms with van der Waals surface area (Å²) in [6.45, 7) is 3.02. The van der Waals surface area contributed by atoms with Gasteiger partial charge in [-0.3, -0.25) is 9.59 Å². The van der Waals surface area contributed by atoms with E-state index in [2.05, 4.69) is 4.72 Å². The topological polar surface area (TPSA) is 101 Å². The lowest BCUT2D eigenvalue weighted by Gasteiger charge is -2.11. The Bertz CT molecular complexity index is 609. The fourth-order valence-electron chi connectivity index (χ4n) is 1.59. The van der Waals surface area contributed by atoms with E-state index in [1.807, 2.05) is 0 Å². The SMILES string of the molecule is CC(=O)c1cccc(S(=O)(=O)NCC(C)CC(=O)O)c1. The van der Waals surface area contributed by atoms with Crippen molar-refractivity contribution in [1.29, 1.82) is 0 Å². The molecule has 2 N–H and O–H groups in total. The molecule has 110 valence electrons. The zero-order valence-electron chi connectivity index (χ0n) is 11.3. The van der Waals surface area contributed by atoms with Gasteiger partial charge in [0.05, 0.1) is 4.90 Å². The van der Waals surface area contributed by atoms with Gasteiger partial charge in [-0.2, -0.15) is 0 Å². The van der Waals surface area contributed by atoms with Crippen molar-refractivity contribution in [3.05, 3.63) is 29.8 Å². The van der Waals surface area contributed by atoms with Gasteiger partial charge in [-0.25, -0.2) is 13.1 Å². The Morgan fingerprint density at radius 2 is 2.00 bits per heavy atom. The standard InChI is InChI=1S/C13H17NO5S/c1-9(6-13(16)17)8-14-20(18,19)12-5-3-4-11(7-12)10(2)15/h3-5,7,9,14H,6,8H2,1-2H3,(H,16,17). The van der Waals surface area contributed by atoms with Gasteiger partial charge in [-0.15, -0.1) is 0 Å². The number of Topliss-reactive ketones (excluding diaryl/α,β-unsaturated/α-hetero) is 1. The number of benzene rings is 1. The van der Waals surface area contributed by atoms with Crippen LogP contribution in [-0.4, -0.2) is 31.8 Å². The number of sulfonamides is 1. The first kappa shape index (κ1) is 16.3. The van der Waals surface area contributed by atoms with Crippen LogP contribution in [0.3, 0.4) is 0 Å². The first-order valence-electron chi connectivity index (χ1n) is 6.05. The zero-order chi connectivity index (χ0) is 15.3. The van der Waals surface area contributed by atoms with Crippen molar-refractivity contribution in [1.82, 2.24) is 4.72 Å². The molecule has 1 unspecified atom stereocenters. The molecule has 0 bridgehead atoms. The highest BCUT2D eigenvalue weighted by molar-refractivity contribution is 7.89. The van der Waals surface area contributed by atoms with Crippen LogP contribution in [-0.2, 0) is 14.8 Å². The van der Waals surface area contributed by atoms with Crippen LogP contribution in [0.4, 0.5) is 0 Å². The fraction of sp³-hybridized carbons (Fsp3) is 0.385. The van der Waals surface area contributed by atoms with Crippen LogP contribution in [0.1, 0.15) is 30.6 Å². The van der Waals surface area contributed by atoms with Gasteiger partial charge in [-0.05, 0) is 25.0 Å². The summed E-state index contributed by atoms with van der Waals surface area (Å²) >= 11 is 0. The maximum Gasteiger partial charge on any atom is 0.303 e. The third-order valence-corrected chi connectivity index (χ3v) is 4.12. The molecule has 0 aliphatic carbocycles. The summed E-state index contributed by atoms with van der Waals surface area (Å²) in [5, 5.41) is 8.61. The van der Waals surface area contributed by atoms with Crippen molar-refractivity contribution >= 4 is 21.8 Å². The Kier molecular flexibility index (Phi) is 5.41. The van der Waals surface area contributed by atoms with Crippen LogP contribution in [0.5, 0.6) is 0 Å². The number of carbonyl (C=O) groups excluding carboxylic acids is 1. The average Bonchev–Trinajstić information content (AvgIpc) is 2.36. The van der Waals surface area contributed by atoms with E-state index < -0.39 is 16.0 Å². The van der Waals surface area contributed by atoms with E-state index in [1.165, 1.54) is 31.2 Å². The lowest BCUT2D eigenvalue weighted by Crippen LogP contribution is -2.29. The van der Waals surface area contributed by atoms with Gasteiger partial charge in [0, 0.05) is 18.5 Å². The Hall–Kier alpha value is -1.73. The highest BCUT2D eigenvalue weighted by Crippen LogP contribution is 2.12. The number of carboxylic acid groups (broad SMARTS) is 1. The molecule has 0 aliphatic heterocycles. The minimum absolute atomic E-state index is 0.00674. The van der Waals surface area contributed by atoms with Crippen molar-refractivity contribution < 1.29 is 23.1 Å². The van der Waals surface area contributed by atoms with E-state index in [1.54, 1.807) is 6.92 Å². The zero-order valence-corrected chi connectivity index (χ0v) is 12.1. The molecule has 0 saturated heterocycles. The summed E-state index contributed by atoms with van der Waals surface area (Å²) in [6.07, 6.45) is -0.115. The van der Waals surface area contributed by atoms with Crippen LogP contribution in [0.2, 0.25) is 0 Å². The largest absolute Gasteiger partial charge is 0.481 e. The van der Waals surface area contributed by atoms with Crippen molar-refractivity contribution in [2.24, 2.45) is 5.92 Å². The minimum atomic E-state index is -3.74. The summed E-state index contributed by atoms with van der Waals surface area (Å²) in [5.74, 6) is -1.52. The molecule has 1 aromatic rings. The van der Waals surface area contributed by atoms with Gasteiger partial charge in [0.25, 0.3) is 0 Å². The molecule has 1 aromatic carbocycles. The van der Waals surface area contributed by atoms with E-state index in [0.717, 1.165) is 0 Å². The highest BCUT2D eigenvalue weighted by Gasteiger charge is 2.17. The van der Waals surface area contributed by atoms with Crippen molar-refractivity contribution in [2.45, 2.75) is 25.2 Å². The maximum atomic E-state index is 12.0. The molecule has 0 radical (unpaired) electrons. The Morgan fingerprint density at radius 1 is 1.35 bits per heavy atom. The molecule has 1 atom stereocenters. The third-order valence-electron chi connectivity index (χ3n) is 2.70. The number of nitrogens with one attached hydrogen (secondary N) is 1. The van der Waals surface area contributed by atoms with E-state index in [0.29, 0.717) is 5.56 Å². The monoisotopic (exact) mass is 299 g/mol. The molecule has 0 amide bonds. The molecule has 20 heavy (non-hydrogen) atoms. The molecule has 6 nitrogen and oxygen atoms in total. The predicted octanol–water partition coefficient (Wildman–Crippen LogP) is 1.28. The molecule has 7 heteroatoms. The summed E-state index contributed by atoms with van der Waals surface area (Å²) in [4.78, 5) is 21.7. The van der Waals surface area contributed by atoms with E-state index in [-0.39, 0.29) is 29.6 Å². The number of hydrogen-bond donors (Lipinski definition) is 2. The lowest BCUT2D eigenvalue weighted by molar-refractivity contribution is -0.137. The van der Waals surface area contributed by atoms with Gasteiger partial charge >= 0.3 is 5.97 Å². The summed E-state index contributed by atoms with van der Waals surface area (Å²) in [7, 11) is -3.74. The number of carboxylic acids is 1. The average molecular weight is 299 g/mol. The highest BCUT2D eigenvalue weighted by atomic mass is 32.2. The summed E-state index contributed by atoms with van der Waals surface area (Å²) in [5.41, 5.74) is 0.312. The molecular weight excluding hydrogens is 282 g/mol. The van der Waals surface area contributed by atoms with E-state index in [9.17, 15) is 18.0 Å². The van der Waals surface area contributed by atoms with Gasteiger partial charge in [0.15, 0.2) is 5.78 Å². The van der Waals surface area contributed by atoms with Crippen molar-refractivity contribution in [3.8, 4) is 0 Å². The van der Waals surface area contributed by atoms with Crippen LogP contribution < -0.4 is 4.72 Å². The van der Waals surface area contributed by atoms with Gasteiger partial charge in [0.2, 0.25) is 10.0 Å². The Morgan fingerprint density at radius 3 is 2.55 bits per heavy atom. The number of carbonyl (C=O) groups is 2. The fourth-order valence-corrected chi connectivity index (χ4v) is 2.80. The molecular formula is C13H17NO5S. The van der Waals surface area contributed by atoms with Crippen LogP contribution in [0.15, 0.2) is 29.2 Å². The molecule has 0 aromatic heterocycles. The van der Waals surface area contributed by atoms with Crippen LogP contribution >= 0.6 is 0 Å². The molecule has 0 saturated carbocycles. The second-order valence-electron chi connectivity index (χ2n) is 4.64. The minimum Gasteiger partial charge on any atom is -0.481 e. The van der Waals surface area contributed by atoms with E-state index in [4.69, 9.17) is 5.11 Å². The Labute approximate surface area is 117 Å². The van der Waals surface area contributed by atoms with Crippen molar-refractivity contribution in [2.75, 3.05) is 6.54 Å². The maximum absolute atomic E-state index is 12.0. The molecule has 0 spiro atoms. The Balaban J connectivity index is 2.81. The molecule has 1 rings (SSSR count). The van der Waals surface area contributed by atoms with Crippen LogP contribution in [0, 0.1) is 5.92 Å². The third kappa shape index (κ3) is 4.75. The molecule has 0 fully saturated rings. The quantitative estimate of drug-likeness (QED) is 0.739. The molecule has 0 aliphatic rings. The van der Waals surface area contributed by atoms with Crippen LogP contribution in [0.25, 0.3) is 0 Å². The van der Waals surface area contributed by atoms with E-state index >= 15 is 0 Å². The predicted molar refractivity (Wildman–Crippen MR) is 73.1 cm³/mol. The summed E-state index contributed by atoms with van der Waals surface area (Å²) in [6, 6.07) is 5.71.